The SMILES string of the molecule is CS(=O)(=O)CCCC(c1ccccc1)c1ccccc1. The van der Waals surface area contributed by atoms with Gasteiger partial charge in [0.25, 0.3) is 0 Å². The van der Waals surface area contributed by atoms with E-state index in [9.17, 15) is 8.42 Å². The van der Waals surface area contributed by atoms with Crippen LogP contribution < -0.4 is 0 Å². The fourth-order valence-corrected chi connectivity index (χ4v) is 3.14. The molecule has 0 fully saturated rings. The standard InChI is InChI=1S/C17H20O2S/c1-20(18,19)14-8-13-17(15-9-4-2-5-10-15)16-11-6-3-7-12-16/h2-7,9-12,17H,8,13-14H2,1H3. The predicted octanol–water partition coefficient (Wildman–Crippen LogP) is 3.64. The lowest BCUT2D eigenvalue weighted by molar-refractivity contribution is 0.594. The summed E-state index contributed by atoms with van der Waals surface area (Å²) < 4.78 is 22.6. The molecule has 2 aromatic rings. The Morgan fingerprint density at radius 1 is 0.850 bits per heavy atom. The number of sulfone groups is 1. The third-order valence-electron chi connectivity index (χ3n) is 3.41. The van der Waals surface area contributed by atoms with Gasteiger partial charge in [-0.2, -0.15) is 0 Å². The van der Waals surface area contributed by atoms with E-state index >= 15 is 0 Å². The van der Waals surface area contributed by atoms with Gasteiger partial charge in [-0.05, 0) is 24.0 Å². The highest BCUT2D eigenvalue weighted by Gasteiger charge is 2.14. The molecule has 2 aromatic carbocycles. The molecular weight excluding hydrogens is 268 g/mol. The van der Waals surface area contributed by atoms with Gasteiger partial charge in [-0.25, -0.2) is 8.42 Å². The van der Waals surface area contributed by atoms with Crippen LogP contribution >= 0.6 is 0 Å². The molecule has 0 aromatic heterocycles. The van der Waals surface area contributed by atoms with E-state index in [1.165, 1.54) is 17.4 Å². The second-order valence-electron chi connectivity index (χ2n) is 5.15. The first-order valence-electron chi connectivity index (χ1n) is 6.84. The van der Waals surface area contributed by atoms with Crippen LogP contribution in [-0.4, -0.2) is 20.4 Å². The lowest BCUT2D eigenvalue weighted by atomic mass is 9.88. The molecule has 2 rings (SSSR count). The summed E-state index contributed by atoms with van der Waals surface area (Å²) in [4.78, 5) is 0. The highest BCUT2D eigenvalue weighted by molar-refractivity contribution is 7.90. The number of rotatable bonds is 6. The van der Waals surface area contributed by atoms with Gasteiger partial charge in [-0.3, -0.25) is 0 Å². The van der Waals surface area contributed by atoms with E-state index in [0.29, 0.717) is 6.42 Å². The Kier molecular flexibility index (Phi) is 4.96. The summed E-state index contributed by atoms with van der Waals surface area (Å²) in [6, 6.07) is 20.6. The highest BCUT2D eigenvalue weighted by atomic mass is 32.2. The molecule has 0 unspecified atom stereocenters. The molecule has 0 atom stereocenters. The zero-order valence-electron chi connectivity index (χ0n) is 11.7. The smallest absolute Gasteiger partial charge is 0.147 e. The van der Waals surface area contributed by atoms with Crippen molar-refractivity contribution in [3.8, 4) is 0 Å². The molecule has 0 aliphatic rings. The van der Waals surface area contributed by atoms with Crippen LogP contribution in [0.4, 0.5) is 0 Å². The largest absolute Gasteiger partial charge is 0.229 e. The minimum atomic E-state index is -2.88. The second kappa shape index (κ2) is 6.71. The molecule has 0 spiro atoms. The molecule has 0 heterocycles. The van der Waals surface area contributed by atoms with Crippen LogP contribution in [0.3, 0.4) is 0 Å². The Hall–Kier alpha value is -1.61. The van der Waals surface area contributed by atoms with Gasteiger partial charge in [0.2, 0.25) is 0 Å². The average Bonchev–Trinajstić information content (AvgIpc) is 2.44. The summed E-state index contributed by atoms with van der Waals surface area (Å²) in [5.41, 5.74) is 2.49. The van der Waals surface area contributed by atoms with Gasteiger partial charge in [0, 0.05) is 17.9 Å². The number of hydrogen-bond acceptors (Lipinski definition) is 2. The molecule has 0 N–H and O–H groups in total. The first kappa shape index (κ1) is 14.8. The van der Waals surface area contributed by atoms with Crippen LogP contribution in [0.2, 0.25) is 0 Å². The minimum Gasteiger partial charge on any atom is -0.229 e. The minimum absolute atomic E-state index is 0.253. The van der Waals surface area contributed by atoms with Crippen molar-refractivity contribution in [2.45, 2.75) is 18.8 Å². The van der Waals surface area contributed by atoms with Crippen LogP contribution in [-0.2, 0) is 9.84 Å². The van der Waals surface area contributed by atoms with E-state index in [2.05, 4.69) is 24.3 Å². The Morgan fingerprint density at radius 2 is 1.30 bits per heavy atom. The summed E-state index contributed by atoms with van der Waals surface area (Å²) in [6.07, 6.45) is 2.83. The Bertz CT molecular complexity index is 579. The number of hydrogen-bond donors (Lipinski definition) is 0. The van der Waals surface area contributed by atoms with E-state index < -0.39 is 9.84 Å². The highest BCUT2D eigenvalue weighted by Crippen LogP contribution is 2.29. The third kappa shape index (κ3) is 4.49. The van der Waals surface area contributed by atoms with Gasteiger partial charge in [0.15, 0.2) is 0 Å². The molecule has 2 nitrogen and oxygen atoms in total. The fourth-order valence-electron chi connectivity index (χ4n) is 2.45. The maximum Gasteiger partial charge on any atom is 0.147 e. The van der Waals surface area contributed by atoms with Crippen molar-refractivity contribution in [3.05, 3.63) is 71.8 Å². The number of benzene rings is 2. The molecule has 0 amide bonds. The summed E-state index contributed by atoms with van der Waals surface area (Å²) in [7, 11) is -2.88. The van der Waals surface area contributed by atoms with Crippen LogP contribution in [0, 0.1) is 0 Å². The Morgan fingerprint density at radius 3 is 1.70 bits per heavy atom. The van der Waals surface area contributed by atoms with Gasteiger partial charge < -0.3 is 0 Å². The molecule has 20 heavy (non-hydrogen) atoms. The van der Waals surface area contributed by atoms with Crippen molar-refractivity contribution < 1.29 is 8.42 Å². The Labute approximate surface area is 121 Å². The normalized spacial score (nSPS) is 11.7. The van der Waals surface area contributed by atoms with Gasteiger partial charge >= 0.3 is 0 Å². The lowest BCUT2D eigenvalue weighted by Gasteiger charge is -2.17. The van der Waals surface area contributed by atoms with Crippen LogP contribution in [0.5, 0.6) is 0 Å². The molecule has 0 radical (unpaired) electrons. The molecule has 3 heteroatoms. The van der Waals surface area contributed by atoms with Crippen molar-refractivity contribution in [2.24, 2.45) is 0 Å². The maximum absolute atomic E-state index is 11.3. The quantitative estimate of drug-likeness (QED) is 0.813. The molecule has 0 saturated heterocycles. The first-order valence-corrected chi connectivity index (χ1v) is 8.90. The monoisotopic (exact) mass is 288 g/mol. The van der Waals surface area contributed by atoms with Gasteiger partial charge in [-0.1, -0.05) is 60.7 Å². The van der Waals surface area contributed by atoms with E-state index in [0.717, 1.165) is 6.42 Å². The molecule has 0 aliphatic heterocycles. The zero-order valence-corrected chi connectivity index (χ0v) is 12.5. The van der Waals surface area contributed by atoms with Crippen molar-refractivity contribution in [3.63, 3.8) is 0 Å². The summed E-state index contributed by atoms with van der Waals surface area (Å²) in [5.74, 6) is 0.516. The molecular formula is C17H20O2S. The van der Waals surface area contributed by atoms with Crippen molar-refractivity contribution in [1.82, 2.24) is 0 Å². The summed E-state index contributed by atoms with van der Waals surface area (Å²) in [6.45, 7) is 0. The van der Waals surface area contributed by atoms with Crippen LogP contribution in [0.25, 0.3) is 0 Å². The average molecular weight is 288 g/mol. The van der Waals surface area contributed by atoms with E-state index in [-0.39, 0.29) is 11.7 Å². The van der Waals surface area contributed by atoms with Crippen molar-refractivity contribution >= 4 is 9.84 Å². The molecule has 106 valence electrons. The van der Waals surface area contributed by atoms with Crippen molar-refractivity contribution in [2.75, 3.05) is 12.0 Å². The lowest BCUT2D eigenvalue weighted by Crippen LogP contribution is -2.07. The van der Waals surface area contributed by atoms with E-state index in [1.54, 1.807) is 0 Å². The fraction of sp³-hybridized carbons (Fsp3) is 0.294. The van der Waals surface area contributed by atoms with E-state index in [1.807, 2.05) is 36.4 Å². The topological polar surface area (TPSA) is 34.1 Å². The molecule has 0 aliphatic carbocycles. The zero-order chi connectivity index (χ0) is 14.4. The van der Waals surface area contributed by atoms with Gasteiger partial charge in [0.1, 0.15) is 9.84 Å². The van der Waals surface area contributed by atoms with Crippen molar-refractivity contribution in [1.29, 1.82) is 0 Å². The summed E-state index contributed by atoms with van der Waals surface area (Å²) in [5, 5.41) is 0. The summed E-state index contributed by atoms with van der Waals surface area (Å²) >= 11 is 0. The van der Waals surface area contributed by atoms with Crippen LogP contribution in [0.1, 0.15) is 29.9 Å². The Balaban J connectivity index is 2.17. The van der Waals surface area contributed by atoms with Crippen LogP contribution in [0.15, 0.2) is 60.7 Å². The molecule has 0 bridgehead atoms. The van der Waals surface area contributed by atoms with Gasteiger partial charge in [0.05, 0.1) is 0 Å². The maximum atomic E-state index is 11.3. The predicted molar refractivity (Wildman–Crippen MR) is 83.7 cm³/mol. The molecule has 0 saturated carbocycles. The third-order valence-corrected chi connectivity index (χ3v) is 4.44. The first-order chi connectivity index (χ1) is 9.56. The van der Waals surface area contributed by atoms with Gasteiger partial charge in [-0.15, -0.1) is 0 Å². The second-order valence-corrected chi connectivity index (χ2v) is 7.41. The van der Waals surface area contributed by atoms with E-state index in [4.69, 9.17) is 0 Å².